The monoisotopic (exact) mass is 322 g/mol. The van der Waals surface area contributed by atoms with Gasteiger partial charge in [0.2, 0.25) is 16.9 Å². The van der Waals surface area contributed by atoms with Gasteiger partial charge < -0.3 is 14.7 Å². The van der Waals surface area contributed by atoms with Gasteiger partial charge in [-0.05, 0) is 19.8 Å². The van der Waals surface area contributed by atoms with Gasteiger partial charge in [-0.1, -0.05) is 16.5 Å². The summed E-state index contributed by atoms with van der Waals surface area (Å²) in [6.07, 6.45) is 2.01. The van der Waals surface area contributed by atoms with E-state index in [1.165, 1.54) is 11.3 Å². The molecule has 22 heavy (non-hydrogen) atoms. The summed E-state index contributed by atoms with van der Waals surface area (Å²) in [6.45, 7) is 3.23. The van der Waals surface area contributed by atoms with Crippen molar-refractivity contribution in [3.8, 4) is 0 Å². The van der Waals surface area contributed by atoms with Crippen LogP contribution in [0.15, 0.2) is 4.52 Å². The number of nitrogens with zero attached hydrogens (tertiary/aromatic N) is 5. The zero-order valence-electron chi connectivity index (χ0n) is 12.6. The van der Waals surface area contributed by atoms with Crippen LogP contribution in [0.1, 0.15) is 35.5 Å². The average Bonchev–Trinajstić information content (AvgIpc) is 3.16. The predicted molar refractivity (Wildman–Crippen MR) is 80.7 cm³/mol. The number of rotatable bonds is 4. The van der Waals surface area contributed by atoms with Crippen LogP contribution in [0.25, 0.3) is 0 Å². The van der Waals surface area contributed by atoms with Crippen molar-refractivity contribution >= 4 is 22.4 Å². The number of likely N-dealkylation sites (tertiary alicyclic amines) is 1. The van der Waals surface area contributed by atoms with Gasteiger partial charge in [-0.3, -0.25) is 4.79 Å². The highest BCUT2D eigenvalue weighted by molar-refractivity contribution is 7.15. The van der Waals surface area contributed by atoms with E-state index < -0.39 is 0 Å². The zero-order valence-corrected chi connectivity index (χ0v) is 13.4. The van der Waals surface area contributed by atoms with E-state index in [4.69, 9.17) is 4.52 Å². The molecule has 1 aliphatic rings. The molecule has 8 nitrogen and oxygen atoms in total. The molecule has 3 heterocycles. The summed E-state index contributed by atoms with van der Waals surface area (Å²) in [4.78, 5) is 18.5. The Morgan fingerprint density at radius 2 is 2.18 bits per heavy atom. The number of carbonyl (C=O) groups excluding carboxylic acids is 1. The molecule has 2 aromatic heterocycles. The van der Waals surface area contributed by atoms with E-state index in [-0.39, 0.29) is 11.8 Å². The Hall–Kier alpha value is -2.03. The summed E-state index contributed by atoms with van der Waals surface area (Å²) in [7, 11) is 1.79. The largest absolute Gasteiger partial charge is 0.363 e. The summed E-state index contributed by atoms with van der Waals surface area (Å²) >= 11 is 1.41. The maximum absolute atomic E-state index is 12.3. The minimum absolute atomic E-state index is 0.0963. The Morgan fingerprint density at radius 3 is 2.77 bits per heavy atom. The van der Waals surface area contributed by atoms with E-state index >= 15 is 0 Å². The van der Waals surface area contributed by atoms with Gasteiger partial charge in [0.1, 0.15) is 5.01 Å². The van der Waals surface area contributed by atoms with Gasteiger partial charge in [0.15, 0.2) is 5.82 Å². The van der Waals surface area contributed by atoms with Crippen LogP contribution < -0.4 is 5.32 Å². The van der Waals surface area contributed by atoms with Gasteiger partial charge in [-0.15, -0.1) is 10.2 Å². The van der Waals surface area contributed by atoms with Crippen LogP contribution >= 0.6 is 11.3 Å². The number of hydrogen-bond donors (Lipinski definition) is 1. The highest BCUT2D eigenvalue weighted by Crippen LogP contribution is 2.27. The number of aryl methyl sites for hydroxylation is 1. The molecule has 9 heteroatoms. The SMILES string of the molecule is CNc1nnc(CC(=O)N2CCC(c3nc(C)no3)CC2)s1. The quantitative estimate of drug-likeness (QED) is 0.904. The second kappa shape index (κ2) is 6.39. The second-order valence-corrected chi connectivity index (χ2v) is 6.32. The highest BCUT2D eigenvalue weighted by atomic mass is 32.1. The van der Waals surface area contributed by atoms with Crippen molar-refractivity contribution in [2.75, 3.05) is 25.5 Å². The third-order valence-electron chi connectivity index (χ3n) is 3.72. The van der Waals surface area contributed by atoms with Crippen molar-refractivity contribution < 1.29 is 9.32 Å². The lowest BCUT2D eigenvalue weighted by atomic mass is 9.96. The molecular weight excluding hydrogens is 304 g/mol. The maximum atomic E-state index is 12.3. The molecule has 0 saturated carbocycles. The molecule has 0 spiro atoms. The lowest BCUT2D eigenvalue weighted by Gasteiger charge is -2.30. The third kappa shape index (κ3) is 3.24. The molecular formula is C13H18N6O2S. The Balaban J connectivity index is 1.53. The molecule has 118 valence electrons. The number of nitrogens with one attached hydrogen (secondary N) is 1. The predicted octanol–water partition coefficient (Wildman–Crippen LogP) is 1.22. The Labute approximate surface area is 131 Å². The summed E-state index contributed by atoms with van der Waals surface area (Å²) in [6, 6.07) is 0. The summed E-state index contributed by atoms with van der Waals surface area (Å²) in [5.74, 6) is 1.69. The molecule has 0 aliphatic carbocycles. The van der Waals surface area contributed by atoms with Gasteiger partial charge in [-0.2, -0.15) is 4.98 Å². The van der Waals surface area contributed by atoms with E-state index in [1.807, 2.05) is 11.8 Å². The standard InChI is InChI=1S/C13H18N6O2S/c1-8-15-12(21-18-8)9-3-5-19(6-4-9)11(20)7-10-16-17-13(14-2)22-10/h9H,3-7H2,1-2H3,(H,14,17). The molecule has 0 bridgehead atoms. The Morgan fingerprint density at radius 1 is 1.41 bits per heavy atom. The van der Waals surface area contributed by atoms with Crippen molar-refractivity contribution in [3.63, 3.8) is 0 Å². The normalized spacial score (nSPS) is 16.0. The summed E-state index contributed by atoms with van der Waals surface area (Å²) < 4.78 is 5.22. The van der Waals surface area contributed by atoms with Crippen LogP contribution in [-0.4, -0.2) is 51.3 Å². The molecule has 0 aromatic carbocycles. The molecule has 1 fully saturated rings. The van der Waals surface area contributed by atoms with Crippen LogP contribution in [-0.2, 0) is 11.2 Å². The van der Waals surface area contributed by atoms with E-state index in [0.717, 1.165) is 23.0 Å². The molecule has 1 N–H and O–H groups in total. The molecule has 1 saturated heterocycles. The number of carbonyl (C=O) groups is 1. The first-order valence-corrected chi connectivity index (χ1v) is 8.05. The third-order valence-corrected chi connectivity index (χ3v) is 4.66. The molecule has 1 amide bonds. The van der Waals surface area contributed by atoms with Crippen molar-refractivity contribution in [3.05, 3.63) is 16.7 Å². The van der Waals surface area contributed by atoms with Crippen molar-refractivity contribution in [1.29, 1.82) is 0 Å². The lowest BCUT2D eigenvalue weighted by Crippen LogP contribution is -2.38. The average molecular weight is 322 g/mol. The van der Waals surface area contributed by atoms with Crippen LogP contribution in [0.2, 0.25) is 0 Å². The molecule has 3 rings (SSSR count). The molecule has 0 atom stereocenters. The second-order valence-electron chi connectivity index (χ2n) is 5.26. The van der Waals surface area contributed by atoms with Crippen molar-refractivity contribution in [2.45, 2.75) is 32.1 Å². The summed E-state index contributed by atoms with van der Waals surface area (Å²) in [5.41, 5.74) is 0. The van der Waals surface area contributed by atoms with Crippen LogP contribution in [0.4, 0.5) is 5.13 Å². The fourth-order valence-electron chi connectivity index (χ4n) is 2.52. The number of aromatic nitrogens is 4. The van der Waals surface area contributed by atoms with E-state index in [9.17, 15) is 4.79 Å². The van der Waals surface area contributed by atoms with Gasteiger partial charge in [0, 0.05) is 26.1 Å². The first-order valence-electron chi connectivity index (χ1n) is 7.24. The minimum Gasteiger partial charge on any atom is -0.363 e. The molecule has 0 unspecified atom stereocenters. The summed E-state index contributed by atoms with van der Waals surface area (Å²) in [5, 5.41) is 16.2. The van der Waals surface area contributed by atoms with Crippen LogP contribution in [0, 0.1) is 6.92 Å². The van der Waals surface area contributed by atoms with Gasteiger partial charge >= 0.3 is 0 Å². The zero-order chi connectivity index (χ0) is 15.5. The first-order chi connectivity index (χ1) is 10.7. The van der Waals surface area contributed by atoms with Crippen molar-refractivity contribution in [2.24, 2.45) is 0 Å². The minimum atomic E-state index is 0.0963. The fourth-order valence-corrected chi connectivity index (χ4v) is 3.21. The molecule has 0 radical (unpaired) electrons. The fraction of sp³-hybridized carbons (Fsp3) is 0.615. The van der Waals surface area contributed by atoms with E-state index in [1.54, 1.807) is 7.05 Å². The number of amides is 1. The number of piperidine rings is 1. The van der Waals surface area contributed by atoms with E-state index in [2.05, 4.69) is 25.7 Å². The first kappa shape index (κ1) is 14.9. The molecule has 1 aliphatic heterocycles. The van der Waals surface area contributed by atoms with E-state index in [0.29, 0.717) is 31.2 Å². The van der Waals surface area contributed by atoms with Crippen LogP contribution in [0.5, 0.6) is 0 Å². The lowest BCUT2D eigenvalue weighted by molar-refractivity contribution is -0.131. The number of hydrogen-bond acceptors (Lipinski definition) is 8. The van der Waals surface area contributed by atoms with Gasteiger partial charge in [0.05, 0.1) is 6.42 Å². The maximum Gasteiger partial charge on any atom is 0.229 e. The Bertz CT molecular complexity index is 647. The van der Waals surface area contributed by atoms with Crippen molar-refractivity contribution in [1.82, 2.24) is 25.2 Å². The topological polar surface area (TPSA) is 97.0 Å². The molecule has 2 aromatic rings. The highest BCUT2D eigenvalue weighted by Gasteiger charge is 2.27. The Kier molecular flexibility index (Phi) is 4.32. The van der Waals surface area contributed by atoms with Crippen LogP contribution in [0.3, 0.4) is 0 Å². The number of anilines is 1. The van der Waals surface area contributed by atoms with Gasteiger partial charge in [0.25, 0.3) is 0 Å². The van der Waals surface area contributed by atoms with Gasteiger partial charge in [-0.25, -0.2) is 0 Å². The smallest absolute Gasteiger partial charge is 0.229 e.